The Labute approximate surface area is 98.0 Å². The highest BCUT2D eigenvalue weighted by molar-refractivity contribution is 5.33. The summed E-state index contributed by atoms with van der Waals surface area (Å²) in [5.41, 5.74) is 1.50. The molecule has 2 heteroatoms. The molecule has 1 N–H and O–H groups in total. The third-order valence-electron chi connectivity index (χ3n) is 3.26. The van der Waals surface area contributed by atoms with Gasteiger partial charge in [0.25, 0.3) is 0 Å². The highest BCUT2D eigenvalue weighted by Crippen LogP contribution is 2.27. The minimum absolute atomic E-state index is 0.164. The Kier molecular flexibility index (Phi) is 3.20. The summed E-state index contributed by atoms with van der Waals surface area (Å²) in [5.74, 6) is 0.942. The van der Waals surface area contributed by atoms with Crippen LogP contribution in [-0.2, 0) is 5.41 Å². The van der Waals surface area contributed by atoms with Crippen molar-refractivity contribution in [1.29, 1.82) is 0 Å². The van der Waals surface area contributed by atoms with Gasteiger partial charge in [-0.25, -0.2) is 0 Å². The number of rotatable bonds is 5. The zero-order chi connectivity index (χ0) is 11.6. The van der Waals surface area contributed by atoms with Crippen molar-refractivity contribution >= 4 is 0 Å². The van der Waals surface area contributed by atoms with E-state index in [9.17, 15) is 0 Å². The van der Waals surface area contributed by atoms with Gasteiger partial charge in [0.1, 0.15) is 5.75 Å². The summed E-state index contributed by atoms with van der Waals surface area (Å²) in [7, 11) is 1.72. The SMILES string of the molecule is COc1cccc(C(C)(C)CNC2CC2)c1. The smallest absolute Gasteiger partial charge is 0.119 e. The number of benzene rings is 1. The van der Waals surface area contributed by atoms with Crippen molar-refractivity contribution in [2.45, 2.75) is 38.1 Å². The summed E-state index contributed by atoms with van der Waals surface area (Å²) in [6.45, 7) is 5.58. The van der Waals surface area contributed by atoms with Crippen LogP contribution in [0.1, 0.15) is 32.3 Å². The normalized spacial score (nSPS) is 16.2. The van der Waals surface area contributed by atoms with Crippen molar-refractivity contribution < 1.29 is 4.74 Å². The van der Waals surface area contributed by atoms with Crippen LogP contribution in [0.5, 0.6) is 5.75 Å². The van der Waals surface area contributed by atoms with E-state index in [0.29, 0.717) is 0 Å². The first-order chi connectivity index (χ1) is 7.62. The van der Waals surface area contributed by atoms with E-state index in [2.05, 4.69) is 37.4 Å². The number of hydrogen-bond acceptors (Lipinski definition) is 2. The van der Waals surface area contributed by atoms with Gasteiger partial charge in [-0.3, -0.25) is 0 Å². The van der Waals surface area contributed by atoms with Crippen LogP contribution < -0.4 is 10.1 Å². The van der Waals surface area contributed by atoms with E-state index in [-0.39, 0.29) is 5.41 Å². The van der Waals surface area contributed by atoms with Gasteiger partial charge in [0.15, 0.2) is 0 Å². The molecule has 0 spiro atoms. The Bertz CT molecular complexity index is 356. The molecule has 2 rings (SSSR count). The van der Waals surface area contributed by atoms with Crippen molar-refractivity contribution in [3.8, 4) is 5.75 Å². The van der Waals surface area contributed by atoms with Crippen molar-refractivity contribution in [2.24, 2.45) is 0 Å². The highest BCUT2D eigenvalue weighted by Gasteiger charge is 2.26. The van der Waals surface area contributed by atoms with E-state index in [1.165, 1.54) is 18.4 Å². The average Bonchev–Trinajstić information content (AvgIpc) is 3.10. The van der Waals surface area contributed by atoms with Crippen molar-refractivity contribution in [2.75, 3.05) is 13.7 Å². The summed E-state index contributed by atoms with van der Waals surface area (Å²) in [6, 6.07) is 9.14. The largest absolute Gasteiger partial charge is 0.497 e. The van der Waals surface area contributed by atoms with Gasteiger partial charge in [-0.05, 0) is 30.5 Å². The topological polar surface area (TPSA) is 21.3 Å². The highest BCUT2D eigenvalue weighted by atomic mass is 16.5. The Balaban J connectivity index is 2.06. The van der Waals surface area contributed by atoms with Gasteiger partial charge >= 0.3 is 0 Å². The molecule has 1 saturated carbocycles. The molecule has 0 unspecified atom stereocenters. The Hall–Kier alpha value is -1.02. The molecular weight excluding hydrogens is 198 g/mol. The molecule has 0 saturated heterocycles. The second kappa shape index (κ2) is 4.46. The molecule has 0 atom stereocenters. The molecule has 1 fully saturated rings. The Morgan fingerprint density at radius 3 is 2.75 bits per heavy atom. The Morgan fingerprint density at radius 1 is 1.38 bits per heavy atom. The number of hydrogen-bond donors (Lipinski definition) is 1. The molecule has 1 aliphatic carbocycles. The van der Waals surface area contributed by atoms with Crippen molar-refractivity contribution in [1.82, 2.24) is 5.32 Å². The Morgan fingerprint density at radius 2 is 2.12 bits per heavy atom. The van der Waals surface area contributed by atoms with Gasteiger partial charge < -0.3 is 10.1 Å². The monoisotopic (exact) mass is 219 g/mol. The maximum Gasteiger partial charge on any atom is 0.119 e. The predicted octanol–water partition coefficient (Wildman–Crippen LogP) is 2.72. The van der Waals surface area contributed by atoms with E-state index in [4.69, 9.17) is 4.74 Å². The number of nitrogens with one attached hydrogen (secondary N) is 1. The fourth-order valence-electron chi connectivity index (χ4n) is 1.83. The van der Waals surface area contributed by atoms with Crippen LogP contribution >= 0.6 is 0 Å². The molecule has 0 amide bonds. The van der Waals surface area contributed by atoms with Gasteiger partial charge in [-0.2, -0.15) is 0 Å². The van der Waals surface area contributed by atoms with Crippen LogP contribution in [0.3, 0.4) is 0 Å². The van der Waals surface area contributed by atoms with Crippen molar-refractivity contribution in [3.05, 3.63) is 29.8 Å². The average molecular weight is 219 g/mol. The summed E-state index contributed by atoms with van der Waals surface area (Å²) in [6.07, 6.45) is 2.68. The van der Waals surface area contributed by atoms with Gasteiger partial charge in [-0.1, -0.05) is 26.0 Å². The van der Waals surface area contributed by atoms with Crippen LogP contribution in [0.25, 0.3) is 0 Å². The molecule has 88 valence electrons. The first-order valence-corrected chi connectivity index (χ1v) is 6.00. The zero-order valence-electron chi connectivity index (χ0n) is 10.4. The molecule has 16 heavy (non-hydrogen) atoms. The van der Waals surface area contributed by atoms with Gasteiger partial charge in [-0.15, -0.1) is 0 Å². The van der Waals surface area contributed by atoms with E-state index >= 15 is 0 Å². The molecule has 0 aromatic heterocycles. The molecule has 1 aromatic carbocycles. The maximum absolute atomic E-state index is 5.27. The number of methoxy groups -OCH3 is 1. The lowest BCUT2D eigenvalue weighted by Crippen LogP contribution is -2.34. The standard InChI is InChI=1S/C14H21NO/c1-14(2,10-15-12-7-8-12)11-5-4-6-13(9-11)16-3/h4-6,9,12,15H,7-8,10H2,1-3H3. The lowest BCUT2D eigenvalue weighted by molar-refractivity contribution is 0.410. The summed E-state index contributed by atoms with van der Waals surface area (Å²) >= 11 is 0. The molecule has 1 aromatic rings. The summed E-state index contributed by atoms with van der Waals surface area (Å²) in [5, 5.41) is 3.59. The van der Waals surface area contributed by atoms with Crippen molar-refractivity contribution in [3.63, 3.8) is 0 Å². The first kappa shape index (κ1) is 11.5. The third-order valence-corrected chi connectivity index (χ3v) is 3.26. The minimum atomic E-state index is 0.164. The van der Waals surface area contributed by atoms with E-state index < -0.39 is 0 Å². The van der Waals surface area contributed by atoms with Crippen LogP contribution in [-0.4, -0.2) is 19.7 Å². The second-order valence-electron chi connectivity index (χ2n) is 5.27. The minimum Gasteiger partial charge on any atom is -0.497 e. The molecule has 2 nitrogen and oxygen atoms in total. The molecule has 0 aliphatic heterocycles. The number of ether oxygens (including phenoxy) is 1. The molecule has 1 aliphatic rings. The lowest BCUT2D eigenvalue weighted by atomic mass is 9.84. The maximum atomic E-state index is 5.27. The van der Waals surface area contributed by atoms with Crippen LogP contribution in [0, 0.1) is 0 Å². The van der Waals surface area contributed by atoms with Gasteiger partial charge in [0.05, 0.1) is 7.11 Å². The first-order valence-electron chi connectivity index (χ1n) is 6.00. The van der Waals surface area contributed by atoms with Crippen LogP contribution in [0.2, 0.25) is 0 Å². The fourth-order valence-corrected chi connectivity index (χ4v) is 1.83. The quantitative estimate of drug-likeness (QED) is 0.822. The fraction of sp³-hybridized carbons (Fsp3) is 0.571. The summed E-state index contributed by atoms with van der Waals surface area (Å²) in [4.78, 5) is 0. The van der Waals surface area contributed by atoms with E-state index in [0.717, 1.165) is 18.3 Å². The molecular formula is C14H21NO. The molecule has 0 heterocycles. The van der Waals surface area contributed by atoms with Crippen LogP contribution in [0.15, 0.2) is 24.3 Å². The summed E-state index contributed by atoms with van der Waals surface area (Å²) < 4.78 is 5.27. The van der Waals surface area contributed by atoms with E-state index in [1.54, 1.807) is 7.11 Å². The zero-order valence-corrected chi connectivity index (χ0v) is 10.4. The predicted molar refractivity (Wildman–Crippen MR) is 67.0 cm³/mol. The van der Waals surface area contributed by atoms with Gasteiger partial charge in [0.2, 0.25) is 0 Å². The molecule has 0 bridgehead atoms. The third kappa shape index (κ3) is 2.76. The van der Waals surface area contributed by atoms with Crippen LogP contribution in [0.4, 0.5) is 0 Å². The molecule has 0 radical (unpaired) electrons. The van der Waals surface area contributed by atoms with Gasteiger partial charge in [0, 0.05) is 18.0 Å². The second-order valence-corrected chi connectivity index (χ2v) is 5.27. The lowest BCUT2D eigenvalue weighted by Gasteiger charge is -2.26. The van der Waals surface area contributed by atoms with E-state index in [1.807, 2.05) is 6.07 Å².